The Kier molecular flexibility index (Phi) is 3.29. The van der Waals surface area contributed by atoms with Crippen LogP contribution in [0.15, 0.2) is 55.0 Å². The molecule has 0 fully saturated rings. The molecule has 0 saturated heterocycles. The molecule has 0 spiro atoms. The highest BCUT2D eigenvalue weighted by Gasteiger charge is 2.25. The van der Waals surface area contributed by atoms with Gasteiger partial charge in [0.15, 0.2) is 5.65 Å². The maximum absolute atomic E-state index is 9.78. The van der Waals surface area contributed by atoms with Crippen LogP contribution in [0.3, 0.4) is 0 Å². The Hall–Kier alpha value is -3.94. The van der Waals surface area contributed by atoms with Gasteiger partial charge in [-0.15, -0.1) is 0 Å². The minimum atomic E-state index is 0.194. The smallest absolute Gasteiger partial charge is 0.286 e. The number of H-pyrrole nitrogens is 2. The Bertz CT molecular complexity index is 1290. The number of aryl methyl sites for hydroxylation is 1. The fourth-order valence-electron chi connectivity index (χ4n) is 3.21. The predicted molar refractivity (Wildman–Crippen MR) is 101 cm³/mol. The molecule has 1 aromatic carbocycles. The molecule has 0 atom stereocenters. The number of nitrogens with one attached hydrogen (secondary N) is 3. The third-order valence-corrected chi connectivity index (χ3v) is 4.33. The van der Waals surface area contributed by atoms with Crippen LogP contribution in [0.4, 0.5) is 11.5 Å². The van der Waals surface area contributed by atoms with Gasteiger partial charge in [0.25, 0.3) is 5.65 Å². The van der Waals surface area contributed by atoms with Crippen LogP contribution in [0.2, 0.25) is 0 Å². The Balaban J connectivity index is 1.78. The number of rotatable bonds is 3. The van der Waals surface area contributed by atoms with Crippen molar-refractivity contribution in [1.29, 1.82) is 0 Å². The predicted octanol–water partition coefficient (Wildman–Crippen LogP) is 2.84. The summed E-state index contributed by atoms with van der Waals surface area (Å²) in [5, 5.41) is 13.1. The Morgan fingerprint density at radius 3 is 2.93 bits per heavy atom. The summed E-state index contributed by atoms with van der Waals surface area (Å²) >= 11 is 0. The lowest BCUT2D eigenvalue weighted by Crippen LogP contribution is -2.22. The van der Waals surface area contributed by atoms with Crippen LogP contribution in [-0.2, 0) is 0 Å². The first-order valence-corrected chi connectivity index (χ1v) is 8.45. The molecule has 27 heavy (non-hydrogen) atoms. The van der Waals surface area contributed by atoms with Crippen LogP contribution in [0.5, 0.6) is 5.75 Å². The summed E-state index contributed by atoms with van der Waals surface area (Å²) in [6.07, 6.45) is 3.58. The zero-order valence-corrected chi connectivity index (χ0v) is 14.4. The summed E-state index contributed by atoms with van der Waals surface area (Å²) in [6, 6.07) is 12.9. The van der Waals surface area contributed by atoms with Crippen molar-refractivity contribution < 1.29 is 9.51 Å². The maximum atomic E-state index is 9.78. The molecular formula is C19H16N7O+. The number of phenols is 1. The molecule has 132 valence electrons. The number of hydrogen-bond acceptors (Lipinski definition) is 5. The molecule has 5 rings (SSSR count). The van der Waals surface area contributed by atoms with Crippen LogP contribution in [0, 0.1) is 6.92 Å². The number of anilines is 2. The fourth-order valence-corrected chi connectivity index (χ4v) is 3.21. The molecule has 0 saturated carbocycles. The first kappa shape index (κ1) is 15.3. The van der Waals surface area contributed by atoms with Gasteiger partial charge < -0.3 is 15.4 Å². The van der Waals surface area contributed by atoms with E-state index >= 15 is 0 Å². The van der Waals surface area contributed by atoms with Crippen molar-refractivity contribution in [2.24, 2.45) is 0 Å². The van der Waals surface area contributed by atoms with E-state index in [2.05, 4.69) is 30.2 Å². The number of imidazole rings is 2. The monoisotopic (exact) mass is 358 g/mol. The lowest BCUT2D eigenvalue weighted by Gasteiger charge is -2.05. The summed E-state index contributed by atoms with van der Waals surface area (Å²) in [4.78, 5) is 19.9. The van der Waals surface area contributed by atoms with Gasteiger partial charge in [-0.3, -0.25) is 0 Å². The van der Waals surface area contributed by atoms with E-state index < -0.39 is 0 Å². The summed E-state index contributed by atoms with van der Waals surface area (Å²) in [6.45, 7) is 1.85. The number of pyridine rings is 1. The number of aromatic nitrogens is 6. The standard InChI is InChI=1S/C19H15N7O/c1-11-22-15(16-18(23-11)21-10-20-16)17-19(24-12-5-4-6-13(27)9-12)25-14-7-2-3-8-26(14)17/h2-10H,1H3,(H3,20,21,22,23,24,27)/p+1. The summed E-state index contributed by atoms with van der Waals surface area (Å²) < 4.78 is 2.02. The van der Waals surface area contributed by atoms with E-state index in [9.17, 15) is 5.11 Å². The highest BCUT2D eigenvalue weighted by Crippen LogP contribution is 2.30. The molecule has 0 bridgehead atoms. The first-order valence-electron chi connectivity index (χ1n) is 8.45. The van der Waals surface area contributed by atoms with Crippen LogP contribution in [0.25, 0.3) is 28.2 Å². The highest BCUT2D eigenvalue weighted by molar-refractivity contribution is 5.89. The summed E-state index contributed by atoms with van der Waals surface area (Å²) in [5.74, 6) is 1.58. The third-order valence-electron chi connectivity index (χ3n) is 4.33. The highest BCUT2D eigenvalue weighted by atomic mass is 16.3. The van der Waals surface area contributed by atoms with E-state index in [1.54, 1.807) is 24.5 Å². The number of benzene rings is 1. The topological polar surface area (TPSA) is 107 Å². The average Bonchev–Trinajstić information content (AvgIpc) is 3.25. The SMILES string of the molecule is Cc1nc(-c2c(Nc3cccc(O)c3)[nH]c3cccc[n+]23)c2[nH]cnc2n1. The lowest BCUT2D eigenvalue weighted by molar-refractivity contribution is -0.497. The van der Waals surface area contributed by atoms with Crippen LogP contribution in [-0.4, -0.2) is 30.0 Å². The van der Waals surface area contributed by atoms with E-state index in [0.29, 0.717) is 11.5 Å². The summed E-state index contributed by atoms with van der Waals surface area (Å²) in [5.41, 5.74) is 4.62. The molecule has 0 aliphatic rings. The number of hydrogen-bond donors (Lipinski definition) is 4. The molecule has 5 aromatic rings. The molecule has 8 nitrogen and oxygen atoms in total. The van der Waals surface area contributed by atoms with Gasteiger partial charge in [0.2, 0.25) is 11.5 Å². The molecule has 0 amide bonds. The third kappa shape index (κ3) is 2.54. The maximum Gasteiger partial charge on any atom is 0.286 e. The van der Waals surface area contributed by atoms with Crippen LogP contribution in [0.1, 0.15) is 5.82 Å². The van der Waals surface area contributed by atoms with Crippen molar-refractivity contribution in [3.8, 4) is 17.1 Å². The van der Waals surface area contributed by atoms with Crippen molar-refractivity contribution in [2.45, 2.75) is 6.92 Å². The van der Waals surface area contributed by atoms with Gasteiger partial charge in [-0.1, -0.05) is 12.1 Å². The molecule has 8 heteroatoms. The number of aromatic amines is 2. The Morgan fingerprint density at radius 1 is 1.11 bits per heavy atom. The minimum Gasteiger partial charge on any atom is -0.508 e. The van der Waals surface area contributed by atoms with Gasteiger partial charge in [0, 0.05) is 17.8 Å². The number of fused-ring (bicyclic) bond motifs is 2. The van der Waals surface area contributed by atoms with Crippen LogP contribution < -0.4 is 9.72 Å². The molecule has 4 heterocycles. The minimum absolute atomic E-state index is 0.194. The van der Waals surface area contributed by atoms with Crippen molar-refractivity contribution in [2.75, 3.05) is 5.32 Å². The number of nitrogens with zero attached hydrogens (tertiary/aromatic N) is 4. The van der Waals surface area contributed by atoms with Crippen LogP contribution >= 0.6 is 0 Å². The second kappa shape index (κ2) is 5.80. The molecule has 0 aliphatic carbocycles. The first-order chi connectivity index (χ1) is 13.2. The second-order valence-electron chi connectivity index (χ2n) is 6.20. The lowest BCUT2D eigenvalue weighted by atomic mass is 10.2. The van der Waals surface area contributed by atoms with E-state index in [-0.39, 0.29) is 5.75 Å². The van der Waals surface area contributed by atoms with E-state index in [0.717, 1.165) is 34.1 Å². The van der Waals surface area contributed by atoms with Crippen molar-refractivity contribution in [3.63, 3.8) is 0 Å². The second-order valence-corrected chi connectivity index (χ2v) is 6.20. The van der Waals surface area contributed by atoms with Gasteiger partial charge in [0.05, 0.1) is 12.5 Å². The quantitative estimate of drug-likeness (QED) is 0.371. The molecule has 0 aliphatic heterocycles. The Labute approximate surface area is 153 Å². The van der Waals surface area contributed by atoms with Crippen molar-refractivity contribution >= 4 is 28.3 Å². The fraction of sp³-hybridized carbons (Fsp3) is 0.0526. The average molecular weight is 358 g/mol. The number of phenolic OH excluding ortho intramolecular Hbond substituents is 1. The van der Waals surface area contributed by atoms with Crippen molar-refractivity contribution in [3.05, 3.63) is 60.8 Å². The van der Waals surface area contributed by atoms with Crippen molar-refractivity contribution in [1.82, 2.24) is 24.9 Å². The van der Waals surface area contributed by atoms with Gasteiger partial charge in [-0.05, 0) is 25.1 Å². The molecule has 0 radical (unpaired) electrons. The molecule has 0 unspecified atom stereocenters. The van der Waals surface area contributed by atoms with E-state index in [4.69, 9.17) is 0 Å². The zero-order chi connectivity index (χ0) is 18.4. The largest absolute Gasteiger partial charge is 0.508 e. The molecule has 4 aromatic heterocycles. The van der Waals surface area contributed by atoms with Gasteiger partial charge in [0.1, 0.15) is 22.8 Å². The summed E-state index contributed by atoms with van der Waals surface area (Å²) in [7, 11) is 0. The molecule has 4 N–H and O–H groups in total. The number of aromatic hydroxyl groups is 1. The normalized spacial score (nSPS) is 11.3. The van der Waals surface area contributed by atoms with Gasteiger partial charge in [-0.25, -0.2) is 19.9 Å². The van der Waals surface area contributed by atoms with E-state index in [1.165, 1.54) is 0 Å². The van der Waals surface area contributed by atoms with E-state index in [1.807, 2.05) is 41.8 Å². The van der Waals surface area contributed by atoms with Gasteiger partial charge in [-0.2, -0.15) is 4.40 Å². The zero-order valence-electron chi connectivity index (χ0n) is 14.4. The Morgan fingerprint density at radius 2 is 2.04 bits per heavy atom. The molecular weight excluding hydrogens is 342 g/mol. The van der Waals surface area contributed by atoms with Gasteiger partial charge >= 0.3 is 0 Å².